The van der Waals surface area contributed by atoms with E-state index in [0.717, 1.165) is 38.5 Å². The number of hydrogen-bond acceptors (Lipinski definition) is 4. The van der Waals surface area contributed by atoms with Crippen LogP contribution in [0.2, 0.25) is 0 Å². The first-order chi connectivity index (χ1) is 13.5. The molecule has 0 aromatic carbocycles. The topological polar surface area (TPSA) is 98.7 Å². The lowest BCUT2D eigenvalue weighted by Crippen LogP contribution is -2.53. The Kier molecular flexibility index (Phi) is 6.96. The van der Waals surface area contributed by atoms with Gasteiger partial charge in [0.1, 0.15) is 6.04 Å². The third kappa shape index (κ3) is 4.34. The van der Waals surface area contributed by atoms with Gasteiger partial charge in [0.05, 0.1) is 5.41 Å². The Morgan fingerprint density at radius 1 is 1.14 bits per heavy atom. The van der Waals surface area contributed by atoms with Gasteiger partial charge in [-0.25, -0.2) is 5.48 Å². The molecule has 2 atom stereocenters. The fourth-order valence-corrected chi connectivity index (χ4v) is 5.86. The molecule has 0 bridgehead atoms. The van der Waals surface area contributed by atoms with E-state index in [4.69, 9.17) is 5.21 Å². The first kappa shape index (κ1) is 21.1. The molecular weight excluding hydrogens is 358 g/mol. The highest BCUT2D eigenvalue weighted by molar-refractivity contribution is 5.94. The van der Waals surface area contributed by atoms with Gasteiger partial charge in [0.2, 0.25) is 17.7 Å². The van der Waals surface area contributed by atoms with E-state index in [0.29, 0.717) is 25.3 Å². The van der Waals surface area contributed by atoms with Gasteiger partial charge in [-0.2, -0.15) is 0 Å². The molecule has 0 unspecified atom stereocenters. The highest BCUT2D eigenvalue weighted by Crippen LogP contribution is 2.46. The zero-order valence-corrected chi connectivity index (χ0v) is 17.0. The minimum atomic E-state index is -0.789. The molecule has 158 valence electrons. The van der Waals surface area contributed by atoms with E-state index in [1.54, 1.807) is 17.4 Å². The van der Waals surface area contributed by atoms with Crippen molar-refractivity contribution in [2.24, 2.45) is 17.3 Å². The molecule has 0 aromatic rings. The highest BCUT2D eigenvalue weighted by Gasteiger charge is 2.52. The summed E-state index contributed by atoms with van der Waals surface area (Å²) in [5.41, 5.74) is 0.926. The zero-order chi connectivity index (χ0) is 20.1. The van der Waals surface area contributed by atoms with E-state index in [1.807, 2.05) is 0 Å². The molecule has 1 aliphatic heterocycles. The minimum Gasteiger partial charge on any atom is -0.357 e. The molecule has 28 heavy (non-hydrogen) atoms. The second-order valence-electron chi connectivity index (χ2n) is 9.05. The quantitative estimate of drug-likeness (QED) is 0.457. The number of hydroxylamine groups is 1. The van der Waals surface area contributed by atoms with E-state index in [9.17, 15) is 14.4 Å². The van der Waals surface area contributed by atoms with Crippen LogP contribution < -0.4 is 10.8 Å². The summed E-state index contributed by atoms with van der Waals surface area (Å²) in [4.78, 5) is 40.2. The SMILES string of the molecule is CNC(=O)[C@@H](C1CCCCC1)N1CC[C@](CC(=O)NO)(CC2CCCC2)C1=O. The normalized spacial score (nSPS) is 27.8. The predicted octanol–water partition coefficient (Wildman–Crippen LogP) is 2.38. The molecule has 2 saturated carbocycles. The standard InChI is InChI=1S/C21H35N3O4/c1-22-19(26)18(16-9-3-2-4-10-16)24-12-11-21(20(24)27,14-17(25)23-28)13-15-7-5-6-8-15/h15-16,18,28H,2-14H2,1H3,(H,22,26)(H,23,25)/t18-,21-/m1/s1. The number of rotatable bonds is 7. The largest absolute Gasteiger partial charge is 0.357 e. The number of hydrogen-bond donors (Lipinski definition) is 3. The van der Waals surface area contributed by atoms with Crippen molar-refractivity contribution < 1.29 is 19.6 Å². The molecule has 7 heteroatoms. The van der Waals surface area contributed by atoms with Crippen LogP contribution in [0.1, 0.15) is 77.0 Å². The molecule has 1 saturated heterocycles. The molecule has 2 aliphatic carbocycles. The zero-order valence-electron chi connectivity index (χ0n) is 17.0. The number of likely N-dealkylation sites (N-methyl/N-ethyl adjacent to an activating group) is 1. The van der Waals surface area contributed by atoms with Crippen LogP contribution in [0.5, 0.6) is 0 Å². The summed E-state index contributed by atoms with van der Waals surface area (Å²) in [6.07, 6.45) is 11.1. The van der Waals surface area contributed by atoms with Crippen molar-refractivity contribution in [2.45, 2.75) is 83.1 Å². The van der Waals surface area contributed by atoms with Gasteiger partial charge in [-0.1, -0.05) is 44.9 Å². The number of carbonyl (C=O) groups excluding carboxylic acids is 3. The Morgan fingerprint density at radius 3 is 2.39 bits per heavy atom. The molecule has 0 radical (unpaired) electrons. The van der Waals surface area contributed by atoms with Gasteiger partial charge in [-0.3, -0.25) is 19.6 Å². The first-order valence-corrected chi connectivity index (χ1v) is 11.0. The average Bonchev–Trinajstić information content (AvgIpc) is 3.33. The van der Waals surface area contributed by atoms with Crippen LogP contribution in [0.25, 0.3) is 0 Å². The Bertz CT molecular complexity index is 584. The Hall–Kier alpha value is -1.63. The van der Waals surface area contributed by atoms with Crippen LogP contribution >= 0.6 is 0 Å². The molecule has 3 amide bonds. The fourth-order valence-electron chi connectivity index (χ4n) is 5.86. The third-order valence-electron chi connectivity index (χ3n) is 7.27. The van der Waals surface area contributed by atoms with E-state index in [-0.39, 0.29) is 24.2 Å². The maximum Gasteiger partial charge on any atom is 0.244 e. The molecule has 3 aliphatic rings. The molecule has 0 spiro atoms. The fraction of sp³-hybridized carbons (Fsp3) is 0.857. The first-order valence-electron chi connectivity index (χ1n) is 11.0. The summed E-state index contributed by atoms with van der Waals surface area (Å²) in [5.74, 6) is -0.0387. The van der Waals surface area contributed by atoms with Gasteiger partial charge in [0.25, 0.3) is 0 Å². The second-order valence-corrected chi connectivity index (χ2v) is 9.05. The lowest BCUT2D eigenvalue weighted by molar-refractivity contribution is -0.148. The van der Waals surface area contributed by atoms with Crippen LogP contribution in [0, 0.1) is 17.3 Å². The number of nitrogens with one attached hydrogen (secondary N) is 2. The van der Waals surface area contributed by atoms with Crippen molar-refractivity contribution in [3.8, 4) is 0 Å². The molecule has 3 fully saturated rings. The second kappa shape index (κ2) is 9.25. The molecule has 0 aromatic heterocycles. The van der Waals surface area contributed by atoms with Crippen LogP contribution in [-0.4, -0.2) is 47.5 Å². The monoisotopic (exact) mass is 393 g/mol. The maximum absolute atomic E-state index is 13.7. The average molecular weight is 394 g/mol. The van der Waals surface area contributed by atoms with Crippen molar-refractivity contribution in [1.29, 1.82) is 0 Å². The summed E-state index contributed by atoms with van der Waals surface area (Å²) in [6, 6.07) is -0.444. The van der Waals surface area contributed by atoms with E-state index < -0.39 is 17.4 Å². The van der Waals surface area contributed by atoms with Gasteiger partial charge in [-0.15, -0.1) is 0 Å². The van der Waals surface area contributed by atoms with Crippen LogP contribution in [0.4, 0.5) is 0 Å². The van der Waals surface area contributed by atoms with Crippen molar-refractivity contribution >= 4 is 17.7 Å². The molecule has 7 nitrogen and oxygen atoms in total. The van der Waals surface area contributed by atoms with Crippen LogP contribution in [-0.2, 0) is 14.4 Å². The summed E-state index contributed by atoms with van der Waals surface area (Å²) < 4.78 is 0. The van der Waals surface area contributed by atoms with E-state index >= 15 is 0 Å². The maximum atomic E-state index is 13.7. The Labute approximate surface area is 167 Å². The smallest absolute Gasteiger partial charge is 0.244 e. The van der Waals surface area contributed by atoms with Gasteiger partial charge < -0.3 is 10.2 Å². The molecule has 3 N–H and O–H groups in total. The number of nitrogens with zero attached hydrogens (tertiary/aromatic N) is 1. The minimum absolute atomic E-state index is 0.000460. The van der Waals surface area contributed by atoms with Gasteiger partial charge in [0.15, 0.2) is 0 Å². The molecule has 1 heterocycles. The summed E-state index contributed by atoms with van der Waals surface area (Å²) >= 11 is 0. The molecule has 3 rings (SSSR count). The predicted molar refractivity (Wildman–Crippen MR) is 104 cm³/mol. The van der Waals surface area contributed by atoms with Gasteiger partial charge in [0, 0.05) is 20.0 Å². The van der Waals surface area contributed by atoms with E-state index in [1.165, 1.54) is 19.3 Å². The van der Waals surface area contributed by atoms with Crippen molar-refractivity contribution in [2.75, 3.05) is 13.6 Å². The summed E-state index contributed by atoms with van der Waals surface area (Å²) in [5, 5.41) is 11.8. The van der Waals surface area contributed by atoms with E-state index in [2.05, 4.69) is 5.32 Å². The number of carbonyl (C=O) groups is 3. The number of amides is 3. The third-order valence-corrected chi connectivity index (χ3v) is 7.27. The lowest BCUT2D eigenvalue weighted by Gasteiger charge is -2.37. The number of likely N-dealkylation sites (tertiary alicyclic amines) is 1. The van der Waals surface area contributed by atoms with Crippen molar-refractivity contribution in [3.05, 3.63) is 0 Å². The van der Waals surface area contributed by atoms with Crippen LogP contribution in [0.15, 0.2) is 0 Å². The Morgan fingerprint density at radius 2 is 1.79 bits per heavy atom. The highest BCUT2D eigenvalue weighted by atomic mass is 16.5. The van der Waals surface area contributed by atoms with Crippen molar-refractivity contribution in [3.63, 3.8) is 0 Å². The van der Waals surface area contributed by atoms with Gasteiger partial charge >= 0.3 is 0 Å². The lowest BCUT2D eigenvalue weighted by atomic mass is 9.74. The van der Waals surface area contributed by atoms with Crippen LogP contribution in [0.3, 0.4) is 0 Å². The Balaban J connectivity index is 1.83. The molecular formula is C21H35N3O4. The van der Waals surface area contributed by atoms with Gasteiger partial charge in [-0.05, 0) is 37.5 Å². The van der Waals surface area contributed by atoms with Crippen molar-refractivity contribution in [1.82, 2.24) is 15.7 Å². The summed E-state index contributed by atoms with van der Waals surface area (Å²) in [7, 11) is 1.63. The summed E-state index contributed by atoms with van der Waals surface area (Å²) in [6.45, 7) is 0.513.